The molecule has 0 bridgehead atoms. The van der Waals surface area contributed by atoms with Crippen molar-refractivity contribution in [3.05, 3.63) is 64.1 Å². The van der Waals surface area contributed by atoms with E-state index in [0.29, 0.717) is 21.1 Å². The van der Waals surface area contributed by atoms with Crippen molar-refractivity contribution in [1.29, 1.82) is 0 Å². The second-order valence-corrected chi connectivity index (χ2v) is 5.65. The maximum absolute atomic E-state index is 12.3. The van der Waals surface area contributed by atoms with Crippen molar-refractivity contribution in [2.24, 2.45) is 0 Å². The summed E-state index contributed by atoms with van der Waals surface area (Å²) in [7, 11) is 0. The molecular formula is C16H11NO3S. The molecule has 0 radical (unpaired) electrons. The maximum atomic E-state index is 12.3. The Kier molecular flexibility index (Phi) is 3.27. The van der Waals surface area contributed by atoms with Gasteiger partial charge in [0, 0.05) is 16.1 Å². The van der Waals surface area contributed by atoms with E-state index in [9.17, 15) is 14.7 Å². The molecule has 3 N–H and O–H groups in total. The molecule has 2 aromatic carbocycles. The van der Waals surface area contributed by atoms with Gasteiger partial charge in [0.25, 0.3) is 0 Å². The summed E-state index contributed by atoms with van der Waals surface area (Å²) in [6.45, 7) is 0. The number of benzene rings is 2. The van der Waals surface area contributed by atoms with E-state index in [0.717, 1.165) is 5.56 Å². The quantitative estimate of drug-likeness (QED) is 0.656. The van der Waals surface area contributed by atoms with Crippen LogP contribution in [-0.4, -0.2) is 16.9 Å². The van der Waals surface area contributed by atoms with Gasteiger partial charge < -0.3 is 10.8 Å². The monoisotopic (exact) mass is 297 g/mol. The number of carbonyl (C=O) groups is 2. The topological polar surface area (TPSA) is 80.4 Å². The maximum Gasteiger partial charge on any atom is 0.336 e. The number of ketones is 1. The molecule has 0 unspecified atom stereocenters. The van der Waals surface area contributed by atoms with Gasteiger partial charge in [-0.2, -0.15) is 0 Å². The van der Waals surface area contributed by atoms with Crippen molar-refractivity contribution in [1.82, 2.24) is 0 Å². The van der Waals surface area contributed by atoms with Crippen molar-refractivity contribution in [3.8, 4) is 0 Å². The zero-order valence-corrected chi connectivity index (χ0v) is 11.7. The first-order valence-corrected chi connectivity index (χ1v) is 7.04. The number of hydrogen-bond acceptors (Lipinski definition) is 4. The van der Waals surface area contributed by atoms with Crippen LogP contribution in [0.25, 0.3) is 6.08 Å². The van der Waals surface area contributed by atoms with Crippen molar-refractivity contribution in [2.45, 2.75) is 4.90 Å². The van der Waals surface area contributed by atoms with Crippen LogP contribution in [0.15, 0.2) is 52.3 Å². The third kappa shape index (κ3) is 2.43. The van der Waals surface area contributed by atoms with Gasteiger partial charge in [0.1, 0.15) is 0 Å². The molecule has 0 fully saturated rings. The lowest BCUT2D eigenvalue weighted by molar-refractivity contribution is 0.0693. The minimum atomic E-state index is -1.03. The first-order chi connectivity index (χ1) is 10.1. The van der Waals surface area contributed by atoms with Crippen LogP contribution in [0, 0.1) is 0 Å². The van der Waals surface area contributed by atoms with Gasteiger partial charge in [-0.15, -0.1) is 0 Å². The molecule has 0 aromatic heterocycles. The number of carbonyl (C=O) groups excluding carboxylic acids is 1. The fraction of sp³-hybridized carbons (Fsp3) is 0. The Labute approximate surface area is 125 Å². The molecule has 4 nitrogen and oxygen atoms in total. The minimum absolute atomic E-state index is 0.152. The van der Waals surface area contributed by atoms with Crippen molar-refractivity contribution < 1.29 is 14.7 Å². The number of rotatable bonds is 2. The van der Waals surface area contributed by atoms with Gasteiger partial charge in [0.15, 0.2) is 0 Å². The molecule has 0 spiro atoms. The van der Waals surface area contributed by atoms with E-state index in [-0.39, 0.29) is 11.3 Å². The molecule has 21 heavy (non-hydrogen) atoms. The van der Waals surface area contributed by atoms with Crippen LogP contribution in [0.3, 0.4) is 0 Å². The standard InChI is InChI=1S/C16H11NO3S/c17-10-4-1-3-9(7-10)8-13-14(18)11-5-2-6-12(16(19)20)15(11)21-13/h1-8H,17H2,(H,19,20)/b13-8-. The highest BCUT2D eigenvalue weighted by molar-refractivity contribution is 8.05. The number of aromatic carboxylic acids is 1. The van der Waals surface area contributed by atoms with Crippen LogP contribution in [0.1, 0.15) is 26.3 Å². The number of nitrogens with two attached hydrogens (primary N) is 1. The molecule has 2 aromatic rings. The number of Topliss-reactive ketones (excluding diaryl/α,β-unsaturated/α-hetero) is 1. The number of hydrogen-bond donors (Lipinski definition) is 2. The molecule has 5 heteroatoms. The van der Waals surface area contributed by atoms with Gasteiger partial charge >= 0.3 is 5.97 Å². The van der Waals surface area contributed by atoms with Gasteiger partial charge in [-0.3, -0.25) is 4.79 Å². The summed E-state index contributed by atoms with van der Waals surface area (Å²) >= 11 is 1.19. The van der Waals surface area contributed by atoms with Gasteiger partial charge in [0.2, 0.25) is 5.78 Å². The van der Waals surface area contributed by atoms with E-state index in [4.69, 9.17) is 5.73 Å². The Morgan fingerprint density at radius 2 is 1.95 bits per heavy atom. The predicted molar refractivity (Wildman–Crippen MR) is 82.4 cm³/mol. The Morgan fingerprint density at radius 1 is 1.19 bits per heavy atom. The van der Waals surface area contributed by atoms with Gasteiger partial charge in [0.05, 0.1) is 10.5 Å². The van der Waals surface area contributed by atoms with Crippen molar-refractivity contribution in [2.75, 3.05) is 5.73 Å². The molecule has 104 valence electrons. The summed E-state index contributed by atoms with van der Waals surface area (Å²) in [4.78, 5) is 24.6. The summed E-state index contributed by atoms with van der Waals surface area (Å²) in [5.41, 5.74) is 7.74. The number of thioether (sulfide) groups is 1. The molecule has 1 aliphatic rings. The van der Waals surface area contributed by atoms with E-state index in [1.165, 1.54) is 17.8 Å². The number of anilines is 1. The highest BCUT2D eigenvalue weighted by Gasteiger charge is 2.29. The summed E-state index contributed by atoms with van der Waals surface area (Å²) in [6.07, 6.45) is 1.73. The van der Waals surface area contributed by atoms with Gasteiger partial charge in [-0.25, -0.2) is 4.79 Å². The first-order valence-electron chi connectivity index (χ1n) is 6.22. The number of fused-ring (bicyclic) bond motifs is 1. The molecule has 1 heterocycles. The zero-order valence-electron chi connectivity index (χ0n) is 10.9. The Bertz CT molecular complexity index is 796. The van der Waals surface area contributed by atoms with Crippen LogP contribution < -0.4 is 5.73 Å². The molecule has 0 aliphatic carbocycles. The van der Waals surface area contributed by atoms with E-state index in [2.05, 4.69) is 0 Å². The van der Waals surface area contributed by atoms with E-state index in [1.807, 2.05) is 12.1 Å². The normalized spacial score (nSPS) is 15.2. The third-order valence-corrected chi connectivity index (χ3v) is 4.30. The largest absolute Gasteiger partial charge is 0.478 e. The second kappa shape index (κ2) is 5.10. The highest BCUT2D eigenvalue weighted by Crippen LogP contribution is 2.42. The molecule has 0 saturated carbocycles. The lowest BCUT2D eigenvalue weighted by atomic mass is 10.1. The number of allylic oxidation sites excluding steroid dienone is 1. The van der Waals surface area contributed by atoms with E-state index >= 15 is 0 Å². The fourth-order valence-corrected chi connectivity index (χ4v) is 3.33. The Balaban J connectivity index is 2.04. The van der Waals surface area contributed by atoms with E-state index in [1.54, 1.807) is 30.3 Å². The molecular weight excluding hydrogens is 286 g/mol. The van der Waals surface area contributed by atoms with Crippen LogP contribution >= 0.6 is 11.8 Å². The second-order valence-electron chi connectivity index (χ2n) is 4.60. The zero-order chi connectivity index (χ0) is 15.0. The van der Waals surface area contributed by atoms with Gasteiger partial charge in [-0.05, 0) is 35.9 Å². The molecule has 0 atom stereocenters. The lowest BCUT2D eigenvalue weighted by Gasteiger charge is -2.00. The van der Waals surface area contributed by atoms with E-state index < -0.39 is 5.97 Å². The molecule has 1 aliphatic heterocycles. The van der Waals surface area contributed by atoms with Crippen LogP contribution in [0.5, 0.6) is 0 Å². The summed E-state index contributed by atoms with van der Waals surface area (Å²) in [5, 5.41) is 9.19. The third-order valence-electron chi connectivity index (χ3n) is 3.13. The van der Waals surface area contributed by atoms with Crippen molar-refractivity contribution >= 4 is 35.3 Å². The molecule has 3 rings (SSSR count). The van der Waals surface area contributed by atoms with Crippen LogP contribution in [0.4, 0.5) is 5.69 Å². The van der Waals surface area contributed by atoms with Crippen LogP contribution in [-0.2, 0) is 0 Å². The van der Waals surface area contributed by atoms with Gasteiger partial charge in [-0.1, -0.05) is 30.0 Å². The fourth-order valence-electron chi connectivity index (χ4n) is 2.18. The minimum Gasteiger partial charge on any atom is -0.478 e. The summed E-state index contributed by atoms with van der Waals surface area (Å²) in [6, 6.07) is 11.9. The first kappa shape index (κ1) is 13.5. The Morgan fingerprint density at radius 3 is 2.67 bits per heavy atom. The SMILES string of the molecule is Nc1cccc(/C=C2\Sc3c(C(=O)O)cccc3C2=O)c1. The summed E-state index contributed by atoms with van der Waals surface area (Å²) < 4.78 is 0. The molecule has 0 saturated heterocycles. The average molecular weight is 297 g/mol. The summed E-state index contributed by atoms with van der Waals surface area (Å²) in [5.74, 6) is -1.18. The van der Waals surface area contributed by atoms with Crippen LogP contribution in [0.2, 0.25) is 0 Å². The average Bonchev–Trinajstić information content (AvgIpc) is 2.75. The van der Waals surface area contributed by atoms with Crippen molar-refractivity contribution in [3.63, 3.8) is 0 Å². The highest BCUT2D eigenvalue weighted by atomic mass is 32.2. The number of nitrogen functional groups attached to an aromatic ring is 1. The molecule has 0 amide bonds. The predicted octanol–water partition coefficient (Wildman–Crippen LogP) is 3.30. The Hall–Kier alpha value is -2.53. The lowest BCUT2D eigenvalue weighted by Crippen LogP contribution is -2.00. The number of carboxylic acids is 1. The number of carboxylic acid groups (broad SMARTS) is 1. The smallest absolute Gasteiger partial charge is 0.336 e.